The van der Waals surface area contributed by atoms with Gasteiger partial charge in [0.1, 0.15) is 42.9 Å². The Hall–Kier alpha value is -7.37. The number of hydrogen-bond donors (Lipinski definition) is 19. The van der Waals surface area contributed by atoms with Gasteiger partial charge in [0, 0.05) is 17.4 Å². The number of nitrogens with zero attached hydrogens (tertiary/aromatic N) is 12. The number of anilines is 4. The summed E-state index contributed by atoms with van der Waals surface area (Å²) in [5.74, 6) is -0.571. The molecule has 43 nitrogen and oxygen atoms in total. The highest BCUT2D eigenvalue weighted by atomic mass is 127. The van der Waals surface area contributed by atoms with Crippen molar-refractivity contribution in [1.29, 1.82) is 0 Å². The van der Waals surface area contributed by atoms with E-state index in [0.29, 0.717) is 4.43 Å². The summed E-state index contributed by atoms with van der Waals surface area (Å²) in [6, 6.07) is -2.55. The summed E-state index contributed by atoms with van der Waals surface area (Å²) in [7, 11) is -8.52. The Morgan fingerprint density at radius 2 is 0.895 bits per heavy atom. The van der Waals surface area contributed by atoms with E-state index in [4.69, 9.17) is 47.0 Å². The number of aromatic amines is 4. The second-order valence-electron chi connectivity index (χ2n) is 19.4. The van der Waals surface area contributed by atoms with Gasteiger partial charge in [0.15, 0.2) is 63.3 Å². The van der Waals surface area contributed by atoms with Crippen LogP contribution in [0.4, 0.5) is 23.8 Å². The number of hydrogen-bond acceptors (Lipinski definition) is 31. The van der Waals surface area contributed by atoms with Gasteiger partial charge < -0.3 is 77.6 Å². The van der Waals surface area contributed by atoms with E-state index in [1.54, 1.807) is 0 Å². The fourth-order valence-electron chi connectivity index (χ4n) is 9.85. The van der Waals surface area contributed by atoms with Crippen molar-refractivity contribution >= 4 is 111 Å². The van der Waals surface area contributed by atoms with Gasteiger partial charge in [-0.15, -0.1) is 0 Å². The number of H-pyrrole nitrogens is 4. The van der Waals surface area contributed by atoms with Gasteiger partial charge in [0.25, 0.3) is 42.7 Å². The third-order valence-corrected chi connectivity index (χ3v) is 16.4. The second kappa shape index (κ2) is 24.1. The SMILES string of the molecule is Nc1nc2c(ncn2[C@@H]2O[C@H](CI)[C@@H](O)[C@H]2O)c(=O)[nH]1.Nc1nc2c(ncn2[C@@H]2O[C@H](CO)[C@@H](NS(=O)(=O)NC[C@H]3O[C@@H](n4cnc5c(=O)[nH]c(N)nc54)C[C@@H]3O)[C@H]2O)c(=O)[nH]1.Nc1nc2c(ncn2[C@@H]2O[C@H](CO)[C@@H](NS(N)(=O)=O)[C@H]2O)c(=O)[nH]1. The first-order valence-corrected chi connectivity index (χ1v) is 29.5. The molecule has 0 unspecified atom stereocenters. The number of nitrogens with one attached hydrogen (secondary N) is 7. The number of aliphatic hydroxyl groups is 7. The zero-order valence-corrected chi connectivity index (χ0v) is 47.3. The van der Waals surface area contributed by atoms with E-state index in [-0.39, 0.29) is 81.4 Å². The van der Waals surface area contributed by atoms with Crippen molar-refractivity contribution in [1.82, 2.24) is 92.2 Å². The molecule has 0 saturated carbocycles. The van der Waals surface area contributed by atoms with Gasteiger partial charge in [0.05, 0.1) is 68.9 Å². The lowest BCUT2D eigenvalue weighted by Crippen LogP contribution is -2.53. The molecule has 8 aromatic rings. The molecule has 466 valence electrons. The Morgan fingerprint density at radius 3 is 1.27 bits per heavy atom. The number of rotatable bonds is 14. The number of fused-ring (bicyclic) bond motifs is 4. The van der Waals surface area contributed by atoms with E-state index in [2.05, 4.69) is 91.8 Å². The summed E-state index contributed by atoms with van der Waals surface area (Å²) in [6.45, 7) is -1.63. The van der Waals surface area contributed by atoms with Crippen molar-refractivity contribution in [3.8, 4) is 0 Å². The Labute approximate surface area is 490 Å². The number of aliphatic hydroxyl groups excluding tert-OH is 7. The number of nitrogens with two attached hydrogens (primary N) is 5. The topological polar surface area (TPSA) is 667 Å². The van der Waals surface area contributed by atoms with Crippen molar-refractivity contribution in [3.05, 3.63) is 66.7 Å². The maximum atomic E-state index is 12.9. The second-order valence-corrected chi connectivity index (χ2v) is 23.1. The van der Waals surface area contributed by atoms with Crippen LogP contribution in [-0.2, 0) is 39.4 Å². The highest BCUT2D eigenvalue weighted by Gasteiger charge is 2.49. The normalized spacial score (nSPS) is 28.6. The fraction of sp³-hybridized carbons (Fsp3) is 0.500. The van der Waals surface area contributed by atoms with Crippen LogP contribution in [0.5, 0.6) is 0 Å². The summed E-state index contributed by atoms with van der Waals surface area (Å²) in [5, 5.41) is 75.9. The van der Waals surface area contributed by atoms with Crippen molar-refractivity contribution in [2.75, 3.05) is 47.1 Å². The zero-order valence-electron chi connectivity index (χ0n) is 43.5. The maximum Gasteiger partial charge on any atom is 0.280 e. The molecule has 8 aromatic heterocycles. The Kier molecular flexibility index (Phi) is 17.3. The third kappa shape index (κ3) is 12.1. The average molecular weight is 1370 g/mol. The largest absolute Gasteiger partial charge is 0.394 e. The molecule has 46 heteroatoms. The lowest BCUT2D eigenvalue weighted by atomic mass is 10.1. The minimum Gasteiger partial charge on any atom is -0.394 e. The third-order valence-electron chi connectivity index (χ3n) is 13.8. The molecule has 12 rings (SSSR count). The van der Waals surface area contributed by atoms with Crippen LogP contribution < -0.4 is 64.5 Å². The van der Waals surface area contributed by atoms with Crippen molar-refractivity contribution in [3.63, 3.8) is 0 Å². The van der Waals surface area contributed by atoms with Crippen molar-refractivity contribution < 1.29 is 71.5 Å². The quantitative estimate of drug-likeness (QED) is 0.0355. The minimum absolute atomic E-state index is 0.0134. The van der Waals surface area contributed by atoms with E-state index in [1.807, 2.05) is 4.72 Å². The molecule has 24 N–H and O–H groups in total. The molecule has 4 saturated heterocycles. The van der Waals surface area contributed by atoms with E-state index >= 15 is 0 Å². The van der Waals surface area contributed by atoms with Gasteiger partial charge in [0.2, 0.25) is 23.8 Å². The van der Waals surface area contributed by atoms with E-state index in [9.17, 15) is 71.8 Å². The molecule has 0 bridgehead atoms. The van der Waals surface area contributed by atoms with E-state index < -0.39 is 148 Å². The summed E-state index contributed by atoms with van der Waals surface area (Å²) >= 11 is 2.06. The lowest BCUT2D eigenvalue weighted by molar-refractivity contribution is -0.0489. The molecule has 4 aliphatic heterocycles. The summed E-state index contributed by atoms with van der Waals surface area (Å²) < 4.78 is 83.1. The van der Waals surface area contributed by atoms with Crippen molar-refractivity contribution in [2.24, 2.45) is 5.14 Å². The summed E-state index contributed by atoms with van der Waals surface area (Å²) in [4.78, 5) is 88.6. The smallest absolute Gasteiger partial charge is 0.280 e. The van der Waals surface area contributed by atoms with Gasteiger partial charge in [-0.25, -0.2) is 25.1 Å². The summed E-state index contributed by atoms with van der Waals surface area (Å²) in [6.07, 6.45) is -9.12. The van der Waals surface area contributed by atoms with Crippen LogP contribution in [0.1, 0.15) is 31.3 Å². The van der Waals surface area contributed by atoms with E-state index in [0.717, 1.165) is 0 Å². The monoisotopic (exact) mass is 1360 g/mol. The molecule has 0 aromatic carbocycles. The van der Waals surface area contributed by atoms with Crippen LogP contribution in [0, 0.1) is 0 Å². The number of nitrogen functional groups attached to an aromatic ring is 4. The van der Waals surface area contributed by atoms with Crippen LogP contribution in [0.3, 0.4) is 0 Å². The number of imidazole rings is 4. The zero-order chi connectivity index (χ0) is 62.0. The van der Waals surface area contributed by atoms with Gasteiger partial charge in [-0.3, -0.25) is 57.4 Å². The molecule has 0 radical (unpaired) electrons. The van der Waals surface area contributed by atoms with Gasteiger partial charge in [-0.2, -0.15) is 50.9 Å². The average Bonchev–Trinajstić information content (AvgIpc) is 2.77. The lowest BCUT2D eigenvalue weighted by Gasteiger charge is -2.22. The Morgan fingerprint density at radius 1 is 0.535 bits per heavy atom. The molecule has 86 heavy (non-hydrogen) atoms. The van der Waals surface area contributed by atoms with Crippen LogP contribution in [-0.4, -0.2) is 222 Å². The van der Waals surface area contributed by atoms with E-state index in [1.165, 1.54) is 43.6 Å². The number of aromatic nitrogens is 16. The molecule has 4 aliphatic rings. The number of alkyl halides is 1. The Balaban J connectivity index is 0.000000157. The minimum atomic E-state index is -4.37. The van der Waals surface area contributed by atoms with Crippen LogP contribution in [0.2, 0.25) is 0 Å². The Bertz CT molecular complexity index is 4310. The molecule has 15 atom stereocenters. The molecular weight excluding hydrogens is 1310 g/mol. The highest BCUT2D eigenvalue weighted by Crippen LogP contribution is 2.35. The standard InChI is InChI=1S/C20H26N12O9S.C10H12IN5O4.C10H15N7O6S/c21-19-26-14-11(16(36)28-19)23-4-31(14)9-1-6(34)7(40-9)2-25-42(38,39)30-10-8(3-33)41-18(13(10)35)32-5-24-12-15(32)27-20(22)29-17(12)37;11-1-3-5(17)6(18)9(20-3)16-2-13-4-7(16)14-10(12)15-8(4)19;11-10-14-7-5(8(20)15-10)13-2-17(7)9-6(19)4(3(1-18)23-9)16-24(12,21)22/h4-10,13,18,25,30,33-35H,1-3H2,(H3,21,26,28,36)(H3,22,27,29,37);2-3,5-6,9,17-18H,1H2,(H3,12,14,15,19);2-4,6,9,16,18-19H,1H2,(H2,12,21,22)(H3,11,14,15,20)/t6-,7+,8+,9+,10+,13+,18+;3-,5-,6-,9-;3-,4-,6-,9-/m011/s1. The van der Waals surface area contributed by atoms with Crippen molar-refractivity contribution in [2.45, 2.75) is 98.4 Å². The fourth-order valence-corrected chi connectivity index (χ4v) is 12.4. The van der Waals surface area contributed by atoms with Gasteiger partial charge in [-0.1, -0.05) is 22.6 Å². The molecule has 4 fully saturated rings. The first-order valence-electron chi connectivity index (χ1n) is 25.0. The van der Waals surface area contributed by atoms with Crippen LogP contribution >= 0.6 is 22.6 Å². The first-order chi connectivity index (χ1) is 40.7. The molecule has 12 heterocycles. The highest BCUT2D eigenvalue weighted by molar-refractivity contribution is 14.1. The van der Waals surface area contributed by atoms with Gasteiger partial charge >= 0.3 is 0 Å². The molecule has 0 amide bonds. The van der Waals surface area contributed by atoms with Crippen LogP contribution in [0.25, 0.3) is 44.7 Å². The van der Waals surface area contributed by atoms with Crippen LogP contribution in [0.15, 0.2) is 44.5 Å². The number of ether oxygens (including phenoxy) is 4. The first kappa shape index (κ1) is 61.7. The predicted octanol–water partition coefficient (Wildman–Crippen LogP) is -10.0. The predicted molar refractivity (Wildman–Crippen MR) is 297 cm³/mol. The van der Waals surface area contributed by atoms with Gasteiger partial charge in [-0.05, 0) is 0 Å². The maximum absolute atomic E-state index is 12.9. The molecule has 0 aliphatic carbocycles. The molecular formula is C40H53IN24O19S2. The summed E-state index contributed by atoms with van der Waals surface area (Å²) in [5.41, 5.74) is 20.3. The number of halogens is 1. The molecule has 0 spiro atoms.